The molecule has 0 fully saturated rings. The summed E-state index contributed by atoms with van der Waals surface area (Å²) in [4.78, 5) is 1.37. The lowest BCUT2D eigenvalue weighted by atomic mass is 10.1. The summed E-state index contributed by atoms with van der Waals surface area (Å²) in [5.74, 6) is 0. The second-order valence-corrected chi connectivity index (χ2v) is 7.56. The summed E-state index contributed by atoms with van der Waals surface area (Å²) < 4.78 is 1.89. The van der Waals surface area contributed by atoms with Gasteiger partial charge in [0.1, 0.15) is 4.34 Å². The van der Waals surface area contributed by atoms with Crippen molar-refractivity contribution in [2.75, 3.05) is 6.54 Å². The standard InChI is InChI=1S/C12H19BrClNS/c1-12(2,3)15-7-5-4-6-9-8-10(13)11(14)16-9/h8,15H,4-7H2,1-3H3. The number of unbranched alkanes of at least 4 members (excludes halogenated alkanes) is 1. The van der Waals surface area contributed by atoms with E-state index in [9.17, 15) is 0 Å². The topological polar surface area (TPSA) is 12.0 Å². The number of hydrogen-bond donors (Lipinski definition) is 1. The molecule has 0 aromatic carbocycles. The van der Waals surface area contributed by atoms with E-state index in [0.29, 0.717) is 0 Å². The van der Waals surface area contributed by atoms with Crippen molar-refractivity contribution < 1.29 is 0 Å². The number of rotatable bonds is 5. The molecule has 0 bridgehead atoms. The third-order valence-corrected chi connectivity index (χ3v) is 4.74. The highest BCUT2D eigenvalue weighted by Gasteiger charge is 2.07. The van der Waals surface area contributed by atoms with Crippen LogP contribution < -0.4 is 5.32 Å². The van der Waals surface area contributed by atoms with Gasteiger partial charge < -0.3 is 5.32 Å². The lowest BCUT2D eigenvalue weighted by Gasteiger charge is -2.20. The van der Waals surface area contributed by atoms with E-state index in [4.69, 9.17) is 11.6 Å². The molecule has 1 rings (SSSR count). The van der Waals surface area contributed by atoms with E-state index in [1.54, 1.807) is 11.3 Å². The molecule has 0 atom stereocenters. The zero-order valence-corrected chi connectivity index (χ0v) is 13.2. The van der Waals surface area contributed by atoms with Crippen molar-refractivity contribution in [3.63, 3.8) is 0 Å². The molecule has 0 unspecified atom stereocenters. The normalized spacial score (nSPS) is 12.1. The van der Waals surface area contributed by atoms with Crippen LogP contribution in [-0.2, 0) is 6.42 Å². The summed E-state index contributed by atoms with van der Waals surface area (Å²) in [6.07, 6.45) is 3.55. The molecule has 0 amide bonds. The van der Waals surface area contributed by atoms with Gasteiger partial charge in [-0.1, -0.05) is 11.6 Å². The maximum Gasteiger partial charge on any atom is 0.107 e. The summed E-state index contributed by atoms with van der Waals surface area (Å²) in [5, 5.41) is 3.49. The Balaban J connectivity index is 2.16. The van der Waals surface area contributed by atoms with Crippen LogP contribution in [0, 0.1) is 0 Å². The van der Waals surface area contributed by atoms with Gasteiger partial charge in [0.15, 0.2) is 0 Å². The minimum absolute atomic E-state index is 0.231. The molecule has 0 aliphatic heterocycles. The molecule has 1 heterocycles. The van der Waals surface area contributed by atoms with Gasteiger partial charge in [-0.3, -0.25) is 0 Å². The molecule has 1 aromatic rings. The van der Waals surface area contributed by atoms with Crippen LogP contribution in [-0.4, -0.2) is 12.1 Å². The Morgan fingerprint density at radius 2 is 2.06 bits per heavy atom. The Labute approximate surface area is 116 Å². The average molecular weight is 325 g/mol. The van der Waals surface area contributed by atoms with Gasteiger partial charge in [-0.15, -0.1) is 11.3 Å². The monoisotopic (exact) mass is 323 g/mol. The Bertz CT molecular complexity index is 311. The fourth-order valence-corrected chi connectivity index (χ4v) is 3.23. The van der Waals surface area contributed by atoms with Crippen molar-refractivity contribution in [3.05, 3.63) is 19.8 Å². The highest BCUT2D eigenvalue weighted by Crippen LogP contribution is 2.32. The summed E-state index contributed by atoms with van der Waals surface area (Å²) in [7, 11) is 0. The van der Waals surface area contributed by atoms with Crippen LogP contribution in [0.3, 0.4) is 0 Å². The van der Waals surface area contributed by atoms with E-state index in [2.05, 4.69) is 48.1 Å². The van der Waals surface area contributed by atoms with Gasteiger partial charge >= 0.3 is 0 Å². The van der Waals surface area contributed by atoms with E-state index in [-0.39, 0.29) is 5.54 Å². The molecule has 0 saturated heterocycles. The van der Waals surface area contributed by atoms with E-state index >= 15 is 0 Å². The van der Waals surface area contributed by atoms with Gasteiger partial charge in [-0.2, -0.15) is 0 Å². The molecule has 1 N–H and O–H groups in total. The average Bonchev–Trinajstić information content (AvgIpc) is 2.44. The molecule has 1 aromatic heterocycles. The first-order valence-electron chi connectivity index (χ1n) is 5.57. The van der Waals surface area contributed by atoms with Gasteiger partial charge in [0.25, 0.3) is 0 Å². The lowest BCUT2D eigenvalue weighted by molar-refractivity contribution is 0.419. The van der Waals surface area contributed by atoms with Gasteiger partial charge in [0, 0.05) is 14.9 Å². The molecule has 1 nitrogen and oxygen atoms in total. The number of thiophene rings is 1. The smallest absolute Gasteiger partial charge is 0.107 e. The van der Waals surface area contributed by atoms with Crippen LogP contribution >= 0.6 is 38.9 Å². The lowest BCUT2D eigenvalue weighted by Crippen LogP contribution is -2.36. The molecule has 0 radical (unpaired) electrons. The number of halogens is 2. The van der Waals surface area contributed by atoms with Crippen molar-refractivity contribution in [3.8, 4) is 0 Å². The van der Waals surface area contributed by atoms with E-state index < -0.39 is 0 Å². The van der Waals surface area contributed by atoms with Gasteiger partial charge in [-0.05, 0) is 68.6 Å². The minimum atomic E-state index is 0.231. The first kappa shape index (κ1) is 14.5. The van der Waals surface area contributed by atoms with E-state index in [1.807, 2.05) is 0 Å². The summed E-state index contributed by atoms with van der Waals surface area (Å²) in [6, 6.07) is 2.13. The number of aryl methyl sites for hydroxylation is 1. The maximum absolute atomic E-state index is 5.99. The predicted molar refractivity (Wildman–Crippen MR) is 77.7 cm³/mol. The fourth-order valence-electron chi connectivity index (χ4n) is 1.40. The largest absolute Gasteiger partial charge is 0.312 e. The first-order chi connectivity index (χ1) is 7.38. The highest BCUT2D eigenvalue weighted by molar-refractivity contribution is 9.10. The van der Waals surface area contributed by atoms with Crippen LogP contribution in [0.5, 0.6) is 0 Å². The van der Waals surface area contributed by atoms with Crippen molar-refractivity contribution in [1.82, 2.24) is 5.32 Å². The predicted octanol–water partition coefficient (Wildman–Crippen LogP) is 4.87. The third-order valence-electron chi connectivity index (χ3n) is 2.20. The van der Waals surface area contributed by atoms with Crippen molar-refractivity contribution in [1.29, 1.82) is 0 Å². The summed E-state index contributed by atoms with van der Waals surface area (Å²) >= 11 is 11.1. The van der Waals surface area contributed by atoms with Crippen LogP contribution in [0.15, 0.2) is 10.5 Å². The minimum Gasteiger partial charge on any atom is -0.312 e. The zero-order chi connectivity index (χ0) is 12.2. The first-order valence-corrected chi connectivity index (χ1v) is 7.56. The number of nitrogens with one attached hydrogen (secondary N) is 1. The SMILES string of the molecule is CC(C)(C)NCCCCc1cc(Br)c(Cl)s1. The molecule has 0 saturated carbocycles. The van der Waals surface area contributed by atoms with Crippen molar-refractivity contribution in [2.24, 2.45) is 0 Å². The molecule has 0 aliphatic carbocycles. The number of hydrogen-bond acceptors (Lipinski definition) is 2. The van der Waals surface area contributed by atoms with E-state index in [0.717, 1.165) is 21.8 Å². The summed E-state index contributed by atoms with van der Waals surface area (Å²) in [5.41, 5.74) is 0.231. The van der Waals surface area contributed by atoms with Gasteiger partial charge in [0.2, 0.25) is 0 Å². The van der Waals surface area contributed by atoms with Crippen molar-refractivity contribution >= 4 is 38.9 Å². The quantitative estimate of drug-likeness (QED) is 0.762. The van der Waals surface area contributed by atoms with Crippen LogP contribution in [0.1, 0.15) is 38.5 Å². The Hall–Kier alpha value is 0.430. The van der Waals surface area contributed by atoms with Crippen LogP contribution in [0.4, 0.5) is 0 Å². The Morgan fingerprint density at radius 1 is 1.38 bits per heavy atom. The highest BCUT2D eigenvalue weighted by atomic mass is 79.9. The van der Waals surface area contributed by atoms with Gasteiger partial charge in [-0.25, -0.2) is 0 Å². The van der Waals surface area contributed by atoms with E-state index in [1.165, 1.54) is 17.7 Å². The second kappa shape index (κ2) is 6.39. The molecule has 0 aliphatic rings. The molecule has 0 spiro atoms. The second-order valence-electron chi connectivity index (χ2n) is 4.97. The van der Waals surface area contributed by atoms with Crippen molar-refractivity contribution in [2.45, 2.75) is 45.6 Å². The Morgan fingerprint density at radius 3 is 2.56 bits per heavy atom. The Kier molecular flexibility index (Phi) is 5.78. The molecule has 16 heavy (non-hydrogen) atoms. The molecule has 92 valence electrons. The third kappa shape index (κ3) is 5.67. The molecular weight excluding hydrogens is 306 g/mol. The maximum atomic E-state index is 5.99. The van der Waals surface area contributed by atoms with Crippen LogP contribution in [0.25, 0.3) is 0 Å². The molecular formula is C12H19BrClNS. The summed E-state index contributed by atoms with van der Waals surface area (Å²) in [6.45, 7) is 7.68. The van der Waals surface area contributed by atoms with Gasteiger partial charge in [0.05, 0.1) is 0 Å². The zero-order valence-electron chi connectivity index (χ0n) is 10.1. The fraction of sp³-hybridized carbons (Fsp3) is 0.667. The van der Waals surface area contributed by atoms with Crippen LogP contribution in [0.2, 0.25) is 4.34 Å². The molecule has 4 heteroatoms.